The van der Waals surface area contributed by atoms with E-state index in [1.165, 1.54) is 6.07 Å². The van der Waals surface area contributed by atoms with Crippen molar-refractivity contribution in [2.45, 2.75) is 39.5 Å². The van der Waals surface area contributed by atoms with E-state index in [2.05, 4.69) is 24.6 Å². The highest BCUT2D eigenvalue weighted by atomic mass is 19.4. The number of hydroxylamine groups is 1. The van der Waals surface area contributed by atoms with Crippen LogP contribution in [0.2, 0.25) is 0 Å². The zero-order valence-electron chi connectivity index (χ0n) is 16.3. The molecular formula is C20H28F3N3O2. The van der Waals surface area contributed by atoms with Gasteiger partial charge in [0.1, 0.15) is 0 Å². The largest absolute Gasteiger partial charge is 0.416 e. The first-order valence-corrected chi connectivity index (χ1v) is 9.47. The monoisotopic (exact) mass is 399 g/mol. The van der Waals surface area contributed by atoms with Crippen LogP contribution in [0.5, 0.6) is 0 Å². The Balaban J connectivity index is 1.70. The van der Waals surface area contributed by atoms with E-state index < -0.39 is 11.7 Å². The number of nitrogens with one attached hydrogen (secondary N) is 2. The molecule has 1 aliphatic rings. The SMILES string of the molecule is CC(C)CNCCC(=O)N1CC=C(NOCc2cccc(C(F)(F)F)c2)CC1. The van der Waals surface area contributed by atoms with Gasteiger partial charge in [-0.05, 0) is 36.2 Å². The molecule has 2 rings (SSSR count). The lowest BCUT2D eigenvalue weighted by Gasteiger charge is -2.27. The molecular weight excluding hydrogens is 371 g/mol. The van der Waals surface area contributed by atoms with Crippen LogP contribution in [0.3, 0.4) is 0 Å². The van der Waals surface area contributed by atoms with E-state index in [4.69, 9.17) is 4.84 Å². The van der Waals surface area contributed by atoms with E-state index in [1.807, 2.05) is 6.08 Å². The number of carbonyl (C=O) groups is 1. The fourth-order valence-electron chi connectivity index (χ4n) is 2.78. The second-order valence-electron chi connectivity index (χ2n) is 7.26. The molecule has 0 unspecified atom stereocenters. The standard InChI is InChI=1S/C20H28F3N3O2/c1-15(2)13-24-9-6-19(27)26-10-7-18(8-11-26)25-28-14-16-4-3-5-17(12-16)20(21,22)23/h3-5,7,12,15,24-25H,6,8-11,13-14H2,1-2H3. The summed E-state index contributed by atoms with van der Waals surface area (Å²) in [7, 11) is 0. The molecule has 0 saturated heterocycles. The smallest absolute Gasteiger partial charge is 0.338 e. The predicted octanol–water partition coefficient (Wildman–Crippen LogP) is 3.48. The third-order valence-electron chi connectivity index (χ3n) is 4.33. The van der Waals surface area contributed by atoms with Gasteiger partial charge in [-0.15, -0.1) is 0 Å². The summed E-state index contributed by atoms with van der Waals surface area (Å²) in [5.74, 6) is 0.661. The number of halogens is 3. The predicted molar refractivity (Wildman–Crippen MR) is 101 cm³/mol. The van der Waals surface area contributed by atoms with Crippen LogP contribution in [0.1, 0.15) is 37.8 Å². The zero-order chi connectivity index (χ0) is 20.6. The van der Waals surface area contributed by atoms with Gasteiger partial charge in [0.15, 0.2) is 0 Å². The lowest BCUT2D eigenvalue weighted by Crippen LogP contribution is -2.38. The van der Waals surface area contributed by atoms with Gasteiger partial charge in [0, 0.05) is 38.2 Å². The van der Waals surface area contributed by atoms with Crippen LogP contribution in [0.15, 0.2) is 36.0 Å². The summed E-state index contributed by atoms with van der Waals surface area (Å²) in [6.07, 6.45) is -1.41. The molecule has 1 heterocycles. The van der Waals surface area contributed by atoms with Gasteiger partial charge < -0.3 is 10.2 Å². The summed E-state index contributed by atoms with van der Waals surface area (Å²) in [4.78, 5) is 19.3. The number of alkyl halides is 3. The lowest BCUT2D eigenvalue weighted by molar-refractivity contribution is -0.137. The Labute approximate surface area is 163 Å². The molecule has 5 nitrogen and oxygen atoms in total. The highest BCUT2D eigenvalue weighted by Crippen LogP contribution is 2.29. The van der Waals surface area contributed by atoms with Crippen molar-refractivity contribution in [1.82, 2.24) is 15.7 Å². The number of benzene rings is 1. The van der Waals surface area contributed by atoms with E-state index in [9.17, 15) is 18.0 Å². The van der Waals surface area contributed by atoms with E-state index in [1.54, 1.807) is 11.0 Å². The summed E-state index contributed by atoms with van der Waals surface area (Å²) in [6.45, 7) is 6.91. The Kier molecular flexibility index (Phi) is 8.32. The molecule has 1 aliphatic heterocycles. The number of hydrogen-bond acceptors (Lipinski definition) is 4. The Bertz CT molecular complexity index is 675. The molecule has 0 spiro atoms. The summed E-state index contributed by atoms with van der Waals surface area (Å²) in [5.41, 5.74) is 3.35. The topological polar surface area (TPSA) is 53.6 Å². The molecule has 28 heavy (non-hydrogen) atoms. The van der Waals surface area contributed by atoms with E-state index in [0.717, 1.165) is 24.4 Å². The van der Waals surface area contributed by atoms with Crippen molar-refractivity contribution < 1.29 is 22.8 Å². The van der Waals surface area contributed by atoms with Crippen molar-refractivity contribution in [3.05, 3.63) is 47.2 Å². The van der Waals surface area contributed by atoms with Crippen LogP contribution >= 0.6 is 0 Å². The average Bonchev–Trinajstić information content (AvgIpc) is 2.65. The molecule has 0 radical (unpaired) electrons. The second kappa shape index (κ2) is 10.5. The molecule has 0 fully saturated rings. The number of nitrogens with zero attached hydrogens (tertiary/aromatic N) is 1. The summed E-state index contributed by atoms with van der Waals surface area (Å²) >= 11 is 0. The third kappa shape index (κ3) is 7.52. The average molecular weight is 399 g/mol. The van der Waals surface area contributed by atoms with Crippen LogP contribution in [0, 0.1) is 5.92 Å². The maximum absolute atomic E-state index is 12.7. The van der Waals surface area contributed by atoms with Crippen LogP contribution < -0.4 is 10.8 Å². The van der Waals surface area contributed by atoms with Gasteiger partial charge >= 0.3 is 6.18 Å². The van der Waals surface area contributed by atoms with Crippen molar-refractivity contribution in [3.8, 4) is 0 Å². The molecule has 8 heteroatoms. The van der Waals surface area contributed by atoms with Gasteiger partial charge in [0.2, 0.25) is 5.91 Å². The minimum absolute atomic E-state index is 0.0193. The van der Waals surface area contributed by atoms with Crippen LogP contribution in [-0.4, -0.2) is 37.0 Å². The fraction of sp³-hybridized carbons (Fsp3) is 0.550. The molecule has 2 N–H and O–H groups in total. The Hall–Kier alpha value is -2.06. The molecule has 0 aromatic heterocycles. The second-order valence-corrected chi connectivity index (χ2v) is 7.26. The first kappa shape index (κ1) is 22.2. The maximum Gasteiger partial charge on any atom is 0.416 e. The van der Waals surface area contributed by atoms with Crippen molar-refractivity contribution >= 4 is 5.91 Å². The Morgan fingerprint density at radius 3 is 2.75 bits per heavy atom. The number of rotatable bonds is 9. The minimum atomic E-state index is -4.37. The van der Waals surface area contributed by atoms with Gasteiger partial charge in [0.25, 0.3) is 0 Å². The van der Waals surface area contributed by atoms with Crippen molar-refractivity contribution in [2.75, 3.05) is 26.2 Å². The highest BCUT2D eigenvalue weighted by molar-refractivity contribution is 5.76. The Morgan fingerprint density at radius 2 is 2.11 bits per heavy atom. The molecule has 0 atom stereocenters. The summed E-state index contributed by atoms with van der Waals surface area (Å²) in [6, 6.07) is 5.05. The fourth-order valence-corrected chi connectivity index (χ4v) is 2.78. The normalized spacial score (nSPS) is 14.9. The molecule has 1 amide bonds. The van der Waals surface area contributed by atoms with Crippen molar-refractivity contribution in [2.24, 2.45) is 5.92 Å². The molecule has 0 aliphatic carbocycles. The minimum Gasteiger partial charge on any atom is -0.338 e. The number of hydrogen-bond donors (Lipinski definition) is 2. The van der Waals surface area contributed by atoms with E-state index in [-0.39, 0.29) is 12.5 Å². The van der Waals surface area contributed by atoms with Crippen molar-refractivity contribution in [3.63, 3.8) is 0 Å². The van der Waals surface area contributed by atoms with Crippen LogP contribution in [0.4, 0.5) is 13.2 Å². The number of carbonyl (C=O) groups excluding carboxylic acids is 1. The lowest BCUT2D eigenvalue weighted by atomic mass is 10.1. The zero-order valence-corrected chi connectivity index (χ0v) is 16.3. The van der Waals surface area contributed by atoms with Gasteiger partial charge in [-0.25, -0.2) is 0 Å². The van der Waals surface area contributed by atoms with Gasteiger partial charge in [-0.2, -0.15) is 13.2 Å². The van der Waals surface area contributed by atoms with E-state index in [0.29, 0.717) is 44.0 Å². The molecule has 156 valence electrons. The maximum atomic E-state index is 12.7. The first-order chi connectivity index (χ1) is 13.3. The van der Waals surface area contributed by atoms with Crippen LogP contribution in [-0.2, 0) is 22.4 Å². The Morgan fingerprint density at radius 1 is 1.32 bits per heavy atom. The third-order valence-corrected chi connectivity index (χ3v) is 4.33. The molecule has 0 saturated carbocycles. The number of amides is 1. The summed E-state index contributed by atoms with van der Waals surface area (Å²) in [5, 5.41) is 3.25. The highest BCUT2D eigenvalue weighted by Gasteiger charge is 2.30. The van der Waals surface area contributed by atoms with Crippen LogP contribution in [0.25, 0.3) is 0 Å². The molecule has 0 bridgehead atoms. The summed E-state index contributed by atoms with van der Waals surface area (Å²) < 4.78 is 38.1. The quantitative estimate of drug-likeness (QED) is 0.493. The molecule has 1 aromatic carbocycles. The van der Waals surface area contributed by atoms with Gasteiger partial charge in [-0.1, -0.05) is 26.0 Å². The van der Waals surface area contributed by atoms with Gasteiger partial charge in [-0.3, -0.25) is 15.1 Å². The first-order valence-electron chi connectivity index (χ1n) is 9.47. The molecule has 1 aromatic rings. The van der Waals surface area contributed by atoms with Gasteiger partial charge in [0.05, 0.1) is 12.2 Å². The van der Waals surface area contributed by atoms with Crippen molar-refractivity contribution in [1.29, 1.82) is 0 Å². The van der Waals surface area contributed by atoms with E-state index >= 15 is 0 Å².